The topological polar surface area (TPSA) is 85.3 Å². The molecule has 2 aromatic rings. The summed E-state index contributed by atoms with van der Waals surface area (Å²) in [5.74, 6) is -1.50. The molecule has 2 unspecified atom stereocenters. The van der Waals surface area contributed by atoms with Crippen LogP contribution < -0.4 is 4.74 Å². The molecule has 0 saturated heterocycles. The van der Waals surface area contributed by atoms with Crippen LogP contribution in [0.1, 0.15) is 35.7 Å². The molecule has 1 amide bonds. The molecule has 7 nitrogen and oxygen atoms in total. The van der Waals surface area contributed by atoms with E-state index in [2.05, 4.69) is 5.10 Å². The number of ketones is 1. The molecule has 1 heterocycles. The summed E-state index contributed by atoms with van der Waals surface area (Å²) < 4.78 is 10.3. The van der Waals surface area contributed by atoms with Gasteiger partial charge in [0.1, 0.15) is 11.8 Å². The van der Waals surface area contributed by atoms with Crippen molar-refractivity contribution in [3.8, 4) is 5.75 Å². The van der Waals surface area contributed by atoms with Gasteiger partial charge in [-0.2, -0.15) is 5.10 Å². The average Bonchev–Trinajstić information content (AvgIpc) is 3.15. The highest BCUT2D eigenvalue weighted by molar-refractivity contribution is 6.40. The van der Waals surface area contributed by atoms with Gasteiger partial charge < -0.3 is 9.47 Å². The highest BCUT2D eigenvalue weighted by Gasteiger charge is 2.47. The van der Waals surface area contributed by atoms with Gasteiger partial charge in [0.15, 0.2) is 11.5 Å². The van der Waals surface area contributed by atoms with Crippen LogP contribution in [-0.2, 0) is 14.3 Å². The number of Topliss-reactive ketones (excluding diaryl/α,β-unsaturated/α-hetero) is 1. The Bertz CT molecular complexity index is 937. The molecule has 0 aromatic heterocycles. The predicted octanol–water partition coefficient (Wildman–Crippen LogP) is 2.81. The van der Waals surface area contributed by atoms with Crippen molar-refractivity contribution in [2.24, 2.45) is 5.10 Å². The second-order valence-corrected chi connectivity index (χ2v) is 6.50. The van der Waals surface area contributed by atoms with Gasteiger partial charge in [-0.3, -0.25) is 9.59 Å². The maximum atomic E-state index is 13.4. The minimum Gasteiger partial charge on any atom is -0.497 e. The van der Waals surface area contributed by atoms with Crippen molar-refractivity contribution < 1.29 is 23.9 Å². The summed E-state index contributed by atoms with van der Waals surface area (Å²) in [6.45, 7) is 3.16. The minimum absolute atomic E-state index is 0.0292. The van der Waals surface area contributed by atoms with Crippen molar-refractivity contribution in [1.29, 1.82) is 0 Å². The normalized spacial score (nSPS) is 18.2. The monoisotopic (exact) mass is 394 g/mol. The molecule has 0 radical (unpaired) electrons. The quantitative estimate of drug-likeness (QED) is 0.556. The molecule has 1 aliphatic heterocycles. The molecule has 0 spiro atoms. The second kappa shape index (κ2) is 8.68. The molecule has 0 saturated carbocycles. The number of ether oxygens (including phenoxy) is 2. The lowest BCUT2D eigenvalue weighted by Gasteiger charge is -2.25. The maximum Gasteiger partial charge on any atom is 0.355 e. The van der Waals surface area contributed by atoms with Gasteiger partial charge >= 0.3 is 5.97 Å². The van der Waals surface area contributed by atoms with Crippen LogP contribution in [0.3, 0.4) is 0 Å². The van der Waals surface area contributed by atoms with Gasteiger partial charge in [-0.05, 0) is 24.6 Å². The molecule has 0 aliphatic carbocycles. The van der Waals surface area contributed by atoms with Crippen LogP contribution in [0.15, 0.2) is 59.7 Å². The van der Waals surface area contributed by atoms with E-state index in [9.17, 15) is 14.4 Å². The van der Waals surface area contributed by atoms with Gasteiger partial charge in [-0.15, -0.1) is 0 Å². The third-order valence-corrected chi connectivity index (χ3v) is 4.70. The van der Waals surface area contributed by atoms with Crippen molar-refractivity contribution in [2.75, 3.05) is 13.7 Å². The first-order valence-electron chi connectivity index (χ1n) is 9.26. The summed E-state index contributed by atoms with van der Waals surface area (Å²) in [6, 6.07) is 14.6. The summed E-state index contributed by atoms with van der Waals surface area (Å²) in [6.07, 6.45) is 0. The zero-order valence-corrected chi connectivity index (χ0v) is 16.5. The molecular weight excluding hydrogens is 372 g/mol. The van der Waals surface area contributed by atoms with Crippen LogP contribution in [0.5, 0.6) is 5.75 Å². The number of rotatable bonds is 6. The fourth-order valence-electron chi connectivity index (χ4n) is 3.36. The van der Waals surface area contributed by atoms with Gasteiger partial charge in [-0.25, -0.2) is 9.80 Å². The van der Waals surface area contributed by atoms with Crippen LogP contribution in [0.2, 0.25) is 0 Å². The van der Waals surface area contributed by atoms with Crippen molar-refractivity contribution in [3.05, 3.63) is 65.7 Å². The molecule has 3 rings (SSSR count). The number of esters is 1. The van der Waals surface area contributed by atoms with Crippen LogP contribution >= 0.6 is 0 Å². The molecule has 29 heavy (non-hydrogen) atoms. The van der Waals surface area contributed by atoms with Crippen LogP contribution in [0.25, 0.3) is 0 Å². The number of hydrogen-bond donors (Lipinski definition) is 0. The van der Waals surface area contributed by atoms with E-state index in [-0.39, 0.29) is 18.1 Å². The third-order valence-electron chi connectivity index (χ3n) is 4.70. The fraction of sp³-hybridized carbons (Fsp3) is 0.273. The van der Waals surface area contributed by atoms with Gasteiger partial charge in [0.2, 0.25) is 5.91 Å². The first kappa shape index (κ1) is 20.3. The molecule has 1 aliphatic rings. The summed E-state index contributed by atoms with van der Waals surface area (Å²) in [5, 5.41) is 5.29. The van der Waals surface area contributed by atoms with E-state index in [0.29, 0.717) is 16.9 Å². The molecule has 150 valence electrons. The SMILES string of the molecule is CCOC(=O)C1=NN(C(C)=O)C(C(=O)c2ccccc2)C1c1ccc(OC)cc1. The lowest BCUT2D eigenvalue weighted by Crippen LogP contribution is -2.42. The number of hydrogen-bond acceptors (Lipinski definition) is 6. The highest BCUT2D eigenvalue weighted by Crippen LogP contribution is 2.35. The average molecular weight is 394 g/mol. The second-order valence-electron chi connectivity index (χ2n) is 6.50. The Balaban J connectivity index is 2.11. The number of carbonyl (C=O) groups is 3. The summed E-state index contributed by atoms with van der Waals surface area (Å²) in [7, 11) is 1.55. The number of nitrogens with zero attached hydrogens (tertiary/aromatic N) is 2. The lowest BCUT2D eigenvalue weighted by molar-refractivity contribution is -0.135. The van der Waals surface area contributed by atoms with Gasteiger partial charge in [0.25, 0.3) is 0 Å². The zero-order chi connectivity index (χ0) is 21.0. The van der Waals surface area contributed by atoms with E-state index < -0.39 is 23.8 Å². The summed E-state index contributed by atoms with van der Waals surface area (Å²) >= 11 is 0. The number of carbonyl (C=O) groups excluding carboxylic acids is 3. The smallest absolute Gasteiger partial charge is 0.355 e. The van der Waals surface area contributed by atoms with E-state index in [4.69, 9.17) is 9.47 Å². The molecule has 0 fully saturated rings. The standard InChI is InChI=1S/C22H22N2O5/c1-4-29-22(27)19-18(15-10-12-17(28-3)13-11-15)20(24(23-19)14(2)25)21(26)16-8-6-5-7-9-16/h5-13,18,20H,4H2,1-3H3. The number of hydrazone groups is 1. The number of benzene rings is 2. The van der Waals surface area contributed by atoms with Gasteiger partial charge in [-0.1, -0.05) is 42.5 Å². The van der Waals surface area contributed by atoms with Crippen molar-refractivity contribution in [3.63, 3.8) is 0 Å². The van der Waals surface area contributed by atoms with Crippen molar-refractivity contribution in [2.45, 2.75) is 25.8 Å². The molecular formula is C22H22N2O5. The number of methoxy groups -OCH3 is 1. The van der Waals surface area contributed by atoms with E-state index in [1.54, 1.807) is 68.6 Å². The van der Waals surface area contributed by atoms with Gasteiger partial charge in [0, 0.05) is 12.5 Å². The van der Waals surface area contributed by atoms with Crippen LogP contribution in [-0.4, -0.2) is 48.1 Å². The summed E-state index contributed by atoms with van der Waals surface area (Å²) in [5.41, 5.74) is 1.12. The first-order valence-corrected chi connectivity index (χ1v) is 9.26. The van der Waals surface area contributed by atoms with Crippen LogP contribution in [0, 0.1) is 0 Å². The summed E-state index contributed by atoms with van der Waals surface area (Å²) in [4.78, 5) is 38.2. The Morgan fingerprint density at radius 1 is 1.03 bits per heavy atom. The van der Waals surface area contributed by atoms with Crippen molar-refractivity contribution >= 4 is 23.4 Å². The first-order chi connectivity index (χ1) is 14.0. The van der Waals surface area contributed by atoms with E-state index in [1.165, 1.54) is 6.92 Å². The van der Waals surface area contributed by atoms with Gasteiger partial charge in [0.05, 0.1) is 19.6 Å². The van der Waals surface area contributed by atoms with E-state index in [0.717, 1.165) is 5.01 Å². The molecule has 0 bridgehead atoms. The van der Waals surface area contributed by atoms with E-state index >= 15 is 0 Å². The third kappa shape index (κ3) is 4.03. The van der Waals surface area contributed by atoms with Crippen LogP contribution in [0.4, 0.5) is 0 Å². The Labute approximate surface area is 168 Å². The Morgan fingerprint density at radius 3 is 2.24 bits per heavy atom. The molecule has 0 N–H and O–H groups in total. The van der Waals surface area contributed by atoms with E-state index in [1.807, 2.05) is 0 Å². The molecule has 7 heteroatoms. The molecule has 2 aromatic carbocycles. The zero-order valence-electron chi connectivity index (χ0n) is 16.5. The fourth-order valence-corrected chi connectivity index (χ4v) is 3.36. The Hall–Kier alpha value is -3.48. The lowest BCUT2D eigenvalue weighted by atomic mass is 9.84. The highest BCUT2D eigenvalue weighted by atomic mass is 16.5. The maximum absolute atomic E-state index is 13.4. The predicted molar refractivity (Wildman–Crippen MR) is 107 cm³/mol. The Morgan fingerprint density at radius 2 is 1.69 bits per heavy atom. The Kier molecular flexibility index (Phi) is 6.07. The van der Waals surface area contributed by atoms with Crippen molar-refractivity contribution in [1.82, 2.24) is 5.01 Å². The minimum atomic E-state index is -0.984. The number of amides is 1. The molecule has 2 atom stereocenters. The largest absolute Gasteiger partial charge is 0.497 e.